The number of rotatable bonds is 4. The van der Waals surface area contributed by atoms with Crippen molar-refractivity contribution in [1.29, 1.82) is 0 Å². The van der Waals surface area contributed by atoms with Crippen molar-refractivity contribution in [2.45, 2.75) is 25.4 Å². The first-order chi connectivity index (χ1) is 11.0. The van der Waals surface area contributed by atoms with Gasteiger partial charge in [0.25, 0.3) is 0 Å². The summed E-state index contributed by atoms with van der Waals surface area (Å²) in [5, 5.41) is 20.4. The van der Waals surface area contributed by atoms with Crippen LogP contribution in [0.1, 0.15) is 34.8 Å². The van der Waals surface area contributed by atoms with Crippen molar-refractivity contribution < 1.29 is 19.7 Å². The van der Waals surface area contributed by atoms with Gasteiger partial charge in [-0.3, -0.25) is 4.79 Å². The van der Waals surface area contributed by atoms with Gasteiger partial charge in [-0.25, -0.2) is 0 Å². The van der Waals surface area contributed by atoms with Gasteiger partial charge in [-0.2, -0.15) is 0 Å². The van der Waals surface area contributed by atoms with E-state index in [2.05, 4.69) is 0 Å². The van der Waals surface area contributed by atoms with Crippen LogP contribution in [-0.4, -0.2) is 22.8 Å². The summed E-state index contributed by atoms with van der Waals surface area (Å²) in [5.41, 5.74) is 2.94. The van der Waals surface area contributed by atoms with Crippen LogP contribution in [0.25, 0.3) is 0 Å². The monoisotopic (exact) mass is 332 g/mol. The van der Waals surface area contributed by atoms with E-state index in [9.17, 15) is 9.90 Å². The van der Waals surface area contributed by atoms with E-state index in [0.29, 0.717) is 34.1 Å². The normalized spacial score (nSPS) is 14.7. The van der Waals surface area contributed by atoms with Gasteiger partial charge in [0.05, 0.1) is 13.0 Å². The van der Waals surface area contributed by atoms with Gasteiger partial charge in [-0.15, -0.1) is 0 Å². The number of hydrogen-bond acceptors (Lipinski definition) is 3. The second-order valence-electron chi connectivity index (χ2n) is 5.64. The minimum atomic E-state index is -0.913. The molecule has 1 heterocycles. The number of aliphatic hydroxyl groups is 1. The van der Waals surface area contributed by atoms with Crippen LogP contribution in [-0.2, 0) is 17.6 Å². The second kappa shape index (κ2) is 6.60. The van der Waals surface area contributed by atoms with Crippen LogP contribution in [0.4, 0.5) is 0 Å². The Morgan fingerprint density at radius 3 is 2.87 bits per heavy atom. The maximum atomic E-state index is 11.0. The summed E-state index contributed by atoms with van der Waals surface area (Å²) < 4.78 is 5.67. The summed E-state index contributed by atoms with van der Waals surface area (Å²) in [5.74, 6) is -0.241. The van der Waals surface area contributed by atoms with Crippen molar-refractivity contribution in [3.63, 3.8) is 0 Å². The van der Waals surface area contributed by atoms with E-state index in [1.165, 1.54) is 0 Å². The molecular formula is C18H17ClO4. The number of carboxylic acids is 1. The topological polar surface area (TPSA) is 66.8 Å². The van der Waals surface area contributed by atoms with E-state index in [4.69, 9.17) is 21.4 Å². The number of hydrogen-bond donors (Lipinski definition) is 2. The molecule has 0 saturated heterocycles. The Morgan fingerprint density at radius 2 is 2.13 bits per heavy atom. The SMILES string of the molecule is O=C(O)Cc1cc2c(c(C(O)c3cccc(Cl)c3)c1)CCCO2. The standard InChI is InChI=1S/C18H17ClO4/c19-13-4-1-3-12(10-13)18(22)15-7-11(9-17(20)21)8-16-14(15)5-2-6-23-16/h1,3-4,7-8,10,18,22H,2,5-6,9H2,(H,20,21). The van der Waals surface area contributed by atoms with Gasteiger partial charge in [0, 0.05) is 10.6 Å². The molecule has 0 aliphatic carbocycles. The highest BCUT2D eigenvalue weighted by atomic mass is 35.5. The molecule has 23 heavy (non-hydrogen) atoms. The first-order valence-electron chi connectivity index (χ1n) is 7.48. The van der Waals surface area contributed by atoms with E-state index < -0.39 is 12.1 Å². The average Bonchev–Trinajstić information content (AvgIpc) is 2.53. The first-order valence-corrected chi connectivity index (χ1v) is 7.86. The molecule has 2 aromatic rings. The third-order valence-corrected chi connectivity index (χ3v) is 4.18. The molecule has 2 aromatic carbocycles. The lowest BCUT2D eigenvalue weighted by molar-refractivity contribution is -0.136. The number of benzene rings is 2. The van der Waals surface area contributed by atoms with E-state index >= 15 is 0 Å². The summed E-state index contributed by atoms with van der Waals surface area (Å²) in [7, 11) is 0. The van der Waals surface area contributed by atoms with Gasteiger partial charge in [0.2, 0.25) is 0 Å². The maximum Gasteiger partial charge on any atom is 0.307 e. The Labute approximate surface area is 139 Å². The molecule has 0 amide bonds. The number of aliphatic carboxylic acids is 1. The van der Waals surface area contributed by atoms with Gasteiger partial charge in [0.1, 0.15) is 11.9 Å². The highest BCUT2D eigenvalue weighted by Gasteiger charge is 2.22. The molecule has 3 rings (SSSR count). The molecule has 0 fully saturated rings. The van der Waals surface area contributed by atoms with E-state index in [1.54, 1.807) is 36.4 Å². The Morgan fingerprint density at radius 1 is 1.30 bits per heavy atom. The van der Waals surface area contributed by atoms with E-state index in [1.807, 2.05) is 0 Å². The van der Waals surface area contributed by atoms with Crippen molar-refractivity contribution >= 4 is 17.6 Å². The molecule has 1 aliphatic heterocycles. The Kier molecular flexibility index (Phi) is 4.55. The van der Waals surface area contributed by atoms with Crippen molar-refractivity contribution in [2.24, 2.45) is 0 Å². The molecule has 5 heteroatoms. The molecule has 0 radical (unpaired) electrons. The molecule has 4 nitrogen and oxygen atoms in total. The predicted molar refractivity (Wildman–Crippen MR) is 87.1 cm³/mol. The Balaban J connectivity index is 2.07. The fourth-order valence-corrected chi connectivity index (χ4v) is 3.13. The quantitative estimate of drug-likeness (QED) is 0.900. The largest absolute Gasteiger partial charge is 0.493 e. The van der Waals surface area contributed by atoms with Gasteiger partial charge in [-0.1, -0.05) is 29.8 Å². The molecule has 0 aromatic heterocycles. The molecular weight excluding hydrogens is 316 g/mol. The summed E-state index contributed by atoms with van der Waals surface area (Å²) in [4.78, 5) is 11.0. The number of fused-ring (bicyclic) bond motifs is 1. The molecule has 1 unspecified atom stereocenters. The summed E-state index contributed by atoms with van der Waals surface area (Å²) in [6, 6.07) is 10.6. The minimum absolute atomic E-state index is 0.105. The predicted octanol–water partition coefficient (Wildman–Crippen LogP) is 3.37. The van der Waals surface area contributed by atoms with Gasteiger partial charge in [0.15, 0.2) is 0 Å². The third kappa shape index (κ3) is 3.49. The van der Waals surface area contributed by atoms with E-state index in [0.717, 1.165) is 18.4 Å². The minimum Gasteiger partial charge on any atom is -0.493 e. The average molecular weight is 333 g/mol. The zero-order valence-electron chi connectivity index (χ0n) is 12.5. The van der Waals surface area contributed by atoms with Crippen LogP contribution < -0.4 is 4.74 Å². The molecule has 1 aliphatic rings. The van der Waals surface area contributed by atoms with Crippen LogP contribution in [0.15, 0.2) is 36.4 Å². The fraction of sp³-hybridized carbons (Fsp3) is 0.278. The van der Waals surface area contributed by atoms with E-state index in [-0.39, 0.29) is 6.42 Å². The number of halogens is 1. The van der Waals surface area contributed by atoms with Crippen LogP contribution in [0, 0.1) is 0 Å². The third-order valence-electron chi connectivity index (χ3n) is 3.95. The lowest BCUT2D eigenvalue weighted by Gasteiger charge is -2.24. The molecule has 2 N–H and O–H groups in total. The molecule has 0 bridgehead atoms. The molecule has 120 valence electrons. The lowest BCUT2D eigenvalue weighted by atomic mass is 9.90. The van der Waals surface area contributed by atoms with Crippen molar-refractivity contribution in [2.75, 3.05) is 6.61 Å². The summed E-state index contributed by atoms with van der Waals surface area (Å²) in [6.45, 7) is 0.607. The van der Waals surface area contributed by atoms with Gasteiger partial charge in [-0.05, 0) is 47.7 Å². The Hall–Kier alpha value is -2.04. The summed E-state index contributed by atoms with van der Waals surface area (Å²) in [6.07, 6.45) is 0.708. The lowest BCUT2D eigenvalue weighted by Crippen LogP contribution is -2.14. The van der Waals surface area contributed by atoms with Crippen LogP contribution >= 0.6 is 11.6 Å². The number of ether oxygens (including phenoxy) is 1. The smallest absolute Gasteiger partial charge is 0.307 e. The van der Waals surface area contributed by atoms with Gasteiger partial charge < -0.3 is 14.9 Å². The fourth-order valence-electron chi connectivity index (χ4n) is 2.93. The number of aliphatic hydroxyl groups excluding tert-OH is 1. The van der Waals surface area contributed by atoms with Crippen LogP contribution in [0.2, 0.25) is 5.02 Å². The molecule has 1 atom stereocenters. The second-order valence-corrected chi connectivity index (χ2v) is 6.08. The maximum absolute atomic E-state index is 11.0. The summed E-state index contributed by atoms with van der Waals surface area (Å²) >= 11 is 6.01. The molecule has 0 spiro atoms. The number of carbonyl (C=O) groups is 1. The van der Waals surface area contributed by atoms with Crippen molar-refractivity contribution in [1.82, 2.24) is 0 Å². The van der Waals surface area contributed by atoms with Crippen LogP contribution in [0.3, 0.4) is 0 Å². The van der Waals surface area contributed by atoms with Crippen molar-refractivity contribution in [3.8, 4) is 5.75 Å². The number of carboxylic acid groups (broad SMARTS) is 1. The van der Waals surface area contributed by atoms with Crippen LogP contribution in [0.5, 0.6) is 5.75 Å². The van der Waals surface area contributed by atoms with Crippen molar-refractivity contribution in [3.05, 3.63) is 63.7 Å². The van der Waals surface area contributed by atoms with Gasteiger partial charge >= 0.3 is 5.97 Å². The highest BCUT2D eigenvalue weighted by molar-refractivity contribution is 6.30. The molecule has 0 saturated carbocycles. The highest BCUT2D eigenvalue weighted by Crippen LogP contribution is 2.36. The zero-order valence-corrected chi connectivity index (χ0v) is 13.2. The zero-order chi connectivity index (χ0) is 16.4. The first kappa shape index (κ1) is 15.8. The Bertz CT molecular complexity index is 742.